The second kappa shape index (κ2) is 5.93. The van der Waals surface area contributed by atoms with Gasteiger partial charge in [0, 0.05) is 17.6 Å². The summed E-state index contributed by atoms with van der Waals surface area (Å²) < 4.78 is 0. The van der Waals surface area contributed by atoms with Gasteiger partial charge in [-0.25, -0.2) is 0 Å². The van der Waals surface area contributed by atoms with Crippen LogP contribution in [0.15, 0.2) is 18.2 Å². The van der Waals surface area contributed by atoms with Crippen molar-refractivity contribution in [2.45, 2.75) is 38.8 Å². The van der Waals surface area contributed by atoms with Crippen LogP contribution in [0.4, 0.5) is 0 Å². The molecule has 0 spiro atoms. The first-order valence-electron chi connectivity index (χ1n) is 7.19. The zero-order chi connectivity index (χ0) is 14.0. The van der Waals surface area contributed by atoms with E-state index in [2.05, 4.69) is 43.0 Å². The fourth-order valence-electron chi connectivity index (χ4n) is 2.94. The normalized spacial score (nSPS) is 19.8. The summed E-state index contributed by atoms with van der Waals surface area (Å²) in [6, 6.07) is 6.87. The van der Waals surface area contributed by atoms with Gasteiger partial charge in [-0.3, -0.25) is 4.90 Å². The summed E-state index contributed by atoms with van der Waals surface area (Å²) in [6.07, 6.45) is 2.42. The Balaban J connectivity index is 2.08. The third kappa shape index (κ3) is 3.28. The quantitative estimate of drug-likeness (QED) is 0.907. The summed E-state index contributed by atoms with van der Waals surface area (Å²) in [6.45, 7) is 6.53. The predicted molar refractivity (Wildman–Crippen MR) is 79.5 cm³/mol. The van der Waals surface area contributed by atoms with Gasteiger partial charge < -0.3 is 10.0 Å². The lowest BCUT2D eigenvalue weighted by Gasteiger charge is -2.38. The molecule has 106 valence electrons. The number of hydrogen-bond acceptors (Lipinski definition) is 3. The van der Waals surface area contributed by atoms with Crippen molar-refractivity contribution in [3.63, 3.8) is 0 Å². The van der Waals surface area contributed by atoms with E-state index >= 15 is 0 Å². The van der Waals surface area contributed by atoms with Crippen molar-refractivity contribution >= 4 is 0 Å². The van der Waals surface area contributed by atoms with E-state index < -0.39 is 0 Å². The largest absolute Gasteiger partial charge is 0.508 e. The summed E-state index contributed by atoms with van der Waals surface area (Å²) in [5, 5.41) is 10.1. The zero-order valence-electron chi connectivity index (χ0n) is 12.6. The molecule has 1 aliphatic rings. The molecule has 1 saturated heterocycles. The standard InChI is InChI=1S/C16H26N2O/c1-12-5-6-15(16(19)11-12)13(2)18(4)14-7-9-17(3)10-8-14/h5-6,11,13-14,19H,7-10H2,1-4H3. The molecule has 3 nitrogen and oxygen atoms in total. The minimum atomic E-state index is 0.258. The molecule has 0 bridgehead atoms. The Morgan fingerprint density at radius 1 is 1.32 bits per heavy atom. The van der Waals surface area contributed by atoms with Crippen LogP contribution >= 0.6 is 0 Å². The average molecular weight is 262 g/mol. The first-order chi connectivity index (χ1) is 8.99. The highest BCUT2D eigenvalue weighted by atomic mass is 16.3. The molecule has 1 unspecified atom stereocenters. The van der Waals surface area contributed by atoms with Crippen LogP contribution in [-0.4, -0.2) is 48.1 Å². The molecule has 1 aromatic carbocycles. The second-order valence-corrected chi connectivity index (χ2v) is 5.94. The number of phenols is 1. The van der Waals surface area contributed by atoms with Crippen LogP contribution in [0, 0.1) is 6.92 Å². The Labute approximate surface area is 116 Å². The molecule has 19 heavy (non-hydrogen) atoms. The van der Waals surface area contributed by atoms with Crippen molar-refractivity contribution in [3.05, 3.63) is 29.3 Å². The van der Waals surface area contributed by atoms with Crippen molar-refractivity contribution < 1.29 is 5.11 Å². The lowest BCUT2D eigenvalue weighted by atomic mass is 9.98. The van der Waals surface area contributed by atoms with Gasteiger partial charge in [-0.15, -0.1) is 0 Å². The van der Waals surface area contributed by atoms with Crippen LogP contribution in [0.2, 0.25) is 0 Å². The number of nitrogens with zero attached hydrogens (tertiary/aromatic N) is 2. The highest BCUT2D eigenvalue weighted by Crippen LogP contribution is 2.31. The van der Waals surface area contributed by atoms with Gasteiger partial charge in [0.25, 0.3) is 0 Å². The topological polar surface area (TPSA) is 26.7 Å². The van der Waals surface area contributed by atoms with Crippen LogP contribution in [-0.2, 0) is 0 Å². The van der Waals surface area contributed by atoms with Crippen LogP contribution < -0.4 is 0 Å². The number of piperidine rings is 1. The van der Waals surface area contributed by atoms with Gasteiger partial charge in [-0.1, -0.05) is 12.1 Å². The lowest BCUT2D eigenvalue weighted by molar-refractivity contribution is 0.112. The Morgan fingerprint density at radius 2 is 1.95 bits per heavy atom. The van der Waals surface area contributed by atoms with Crippen LogP contribution in [0.5, 0.6) is 5.75 Å². The Bertz CT molecular complexity index is 425. The van der Waals surface area contributed by atoms with Crippen LogP contribution in [0.3, 0.4) is 0 Å². The zero-order valence-corrected chi connectivity index (χ0v) is 12.6. The Morgan fingerprint density at radius 3 is 2.53 bits per heavy atom. The SMILES string of the molecule is Cc1ccc(C(C)N(C)C2CCN(C)CC2)c(O)c1. The van der Waals surface area contributed by atoms with Crippen molar-refractivity contribution in [3.8, 4) is 5.75 Å². The number of hydrogen-bond donors (Lipinski definition) is 1. The van der Waals surface area contributed by atoms with E-state index in [9.17, 15) is 5.11 Å². The molecular weight excluding hydrogens is 236 g/mol. The van der Waals surface area contributed by atoms with E-state index in [1.165, 1.54) is 25.9 Å². The first-order valence-corrected chi connectivity index (χ1v) is 7.19. The van der Waals surface area contributed by atoms with Crippen LogP contribution in [0.1, 0.15) is 36.9 Å². The highest BCUT2D eigenvalue weighted by molar-refractivity contribution is 5.37. The number of aromatic hydroxyl groups is 1. The first kappa shape index (κ1) is 14.4. The summed E-state index contributed by atoms with van der Waals surface area (Å²) in [5.74, 6) is 0.423. The lowest BCUT2D eigenvalue weighted by Crippen LogP contribution is -2.42. The third-order valence-corrected chi connectivity index (χ3v) is 4.51. The molecule has 0 amide bonds. The van der Waals surface area contributed by atoms with Gasteiger partial charge in [0.1, 0.15) is 5.75 Å². The maximum absolute atomic E-state index is 10.1. The predicted octanol–water partition coefficient (Wildman–Crippen LogP) is 2.79. The molecule has 1 N–H and O–H groups in total. The Hall–Kier alpha value is -1.06. The summed E-state index contributed by atoms with van der Waals surface area (Å²) >= 11 is 0. The van der Waals surface area contributed by atoms with Crippen molar-refractivity contribution in [1.82, 2.24) is 9.80 Å². The van der Waals surface area contributed by atoms with Gasteiger partial charge in [-0.05, 0) is 65.5 Å². The van der Waals surface area contributed by atoms with Gasteiger partial charge in [0.05, 0.1) is 0 Å². The van der Waals surface area contributed by atoms with E-state index in [0.29, 0.717) is 11.8 Å². The van der Waals surface area contributed by atoms with E-state index in [4.69, 9.17) is 0 Å². The average Bonchev–Trinajstić information content (AvgIpc) is 2.38. The maximum atomic E-state index is 10.1. The number of rotatable bonds is 3. The van der Waals surface area contributed by atoms with E-state index in [1.54, 1.807) is 0 Å². The second-order valence-electron chi connectivity index (χ2n) is 5.94. The highest BCUT2D eigenvalue weighted by Gasteiger charge is 2.25. The maximum Gasteiger partial charge on any atom is 0.120 e. The number of aryl methyl sites for hydroxylation is 1. The Kier molecular flexibility index (Phi) is 4.48. The molecule has 3 heteroatoms. The molecule has 0 saturated carbocycles. The fourth-order valence-corrected chi connectivity index (χ4v) is 2.94. The van der Waals surface area contributed by atoms with E-state index in [0.717, 1.165) is 11.1 Å². The molecule has 1 atom stereocenters. The van der Waals surface area contributed by atoms with Gasteiger partial charge >= 0.3 is 0 Å². The molecule has 0 radical (unpaired) electrons. The summed E-state index contributed by atoms with van der Waals surface area (Å²) in [4.78, 5) is 4.80. The summed E-state index contributed by atoms with van der Waals surface area (Å²) in [7, 11) is 4.37. The number of likely N-dealkylation sites (tertiary alicyclic amines) is 1. The van der Waals surface area contributed by atoms with Crippen molar-refractivity contribution in [1.29, 1.82) is 0 Å². The molecule has 1 aliphatic heterocycles. The molecule has 2 rings (SSSR count). The minimum absolute atomic E-state index is 0.258. The number of benzene rings is 1. The smallest absolute Gasteiger partial charge is 0.120 e. The molecular formula is C16H26N2O. The minimum Gasteiger partial charge on any atom is -0.508 e. The van der Waals surface area contributed by atoms with Gasteiger partial charge in [-0.2, -0.15) is 0 Å². The molecule has 0 aromatic heterocycles. The molecule has 0 aliphatic carbocycles. The molecule has 1 fully saturated rings. The van der Waals surface area contributed by atoms with Gasteiger partial charge in [0.2, 0.25) is 0 Å². The van der Waals surface area contributed by atoms with E-state index in [1.807, 2.05) is 13.0 Å². The van der Waals surface area contributed by atoms with Crippen molar-refractivity contribution in [2.24, 2.45) is 0 Å². The van der Waals surface area contributed by atoms with E-state index in [-0.39, 0.29) is 6.04 Å². The van der Waals surface area contributed by atoms with Crippen molar-refractivity contribution in [2.75, 3.05) is 27.2 Å². The monoisotopic (exact) mass is 262 g/mol. The van der Waals surface area contributed by atoms with Gasteiger partial charge in [0.15, 0.2) is 0 Å². The molecule has 1 aromatic rings. The number of phenolic OH excluding ortho intramolecular Hbond substituents is 1. The van der Waals surface area contributed by atoms with Crippen LogP contribution in [0.25, 0.3) is 0 Å². The third-order valence-electron chi connectivity index (χ3n) is 4.51. The fraction of sp³-hybridized carbons (Fsp3) is 0.625. The summed E-state index contributed by atoms with van der Waals surface area (Å²) in [5.41, 5.74) is 2.14. The molecule has 1 heterocycles.